The molecule has 0 fully saturated rings. The minimum Gasteiger partial charge on any atom is -0.507 e. The number of halogens is 2. The van der Waals surface area contributed by atoms with Crippen molar-refractivity contribution in [1.29, 1.82) is 0 Å². The number of hydrogen-bond acceptors (Lipinski definition) is 6. The molecule has 2 N–H and O–H groups in total. The van der Waals surface area contributed by atoms with Crippen molar-refractivity contribution in [3.8, 4) is 0 Å². The molecule has 0 saturated heterocycles. The van der Waals surface area contributed by atoms with Crippen molar-refractivity contribution in [1.82, 2.24) is 5.32 Å². The van der Waals surface area contributed by atoms with Crippen LogP contribution in [0.2, 0.25) is 0 Å². The van der Waals surface area contributed by atoms with Gasteiger partial charge < -0.3 is 14.6 Å². The number of carbonyl (C=O) groups excluding carboxylic acids is 3. The summed E-state index contributed by atoms with van der Waals surface area (Å²) in [5, 5.41) is 12.7. The first-order valence-corrected chi connectivity index (χ1v) is 10.5. The minimum absolute atomic E-state index is 0.0710. The summed E-state index contributed by atoms with van der Waals surface area (Å²) in [6, 6.07) is 0. The van der Waals surface area contributed by atoms with Crippen molar-refractivity contribution in [2.24, 2.45) is 0 Å². The number of alkyl carbamates (subject to hydrolysis) is 1. The second kappa shape index (κ2) is 17.3. The number of methoxy groups -OCH3 is 1. The minimum atomic E-state index is -2.32. The largest absolute Gasteiger partial charge is 0.507 e. The van der Waals surface area contributed by atoms with E-state index in [1.54, 1.807) is 32.1 Å². The molecule has 9 heteroatoms. The van der Waals surface area contributed by atoms with E-state index in [-0.39, 0.29) is 36.4 Å². The number of hydrogen-bond donors (Lipinski definition) is 2. The van der Waals surface area contributed by atoms with E-state index in [0.717, 1.165) is 11.6 Å². The number of aliphatic hydroxyl groups is 1. The van der Waals surface area contributed by atoms with Crippen molar-refractivity contribution in [2.45, 2.75) is 65.7 Å². The van der Waals surface area contributed by atoms with Gasteiger partial charge in [0.15, 0.2) is 5.78 Å². The van der Waals surface area contributed by atoms with Gasteiger partial charge in [-0.3, -0.25) is 14.9 Å². The van der Waals surface area contributed by atoms with Crippen LogP contribution in [0.4, 0.5) is 13.6 Å². The Morgan fingerprint density at radius 2 is 1.79 bits per heavy atom. The lowest BCUT2D eigenvalue weighted by Gasteiger charge is -2.07. The monoisotopic (exact) mass is 469 g/mol. The Bertz CT molecular complexity index is 810. The molecule has 7 nitrogen and oxygen atoms in total. The van der Waals surface area contributed by atoms with Crippen molar-refractivity contribution in [3.05, 3.63) is 58.7 Å². The Hall–Kier alpha value is -3.23. The molecule has 1 amide bonds. The highest BCUT2D eigenvalue weighted by Crippen LogP contribution is 2.17. The third-order valence-electron chi connectivity index (χ3n) is 4.50. The van der Waals surface area contributed by atoms with Gasteiger partial charge in [-0.25, -0.2) is 13.6 Å². The average Bonchev–Trinajstić information content (AvgIpc) is 2.78. The first-order chi connectivity index (χ1) is 15.6. The van der Waals surface area contributed by atoms with E-state index in [1.807, 2.05) is 0 Å². The van der Waals surface area contributed by atoms with Crippen LogP contribution in [0.15, 0.2) is 58.7 Å². The number of carbonyl (C=O) groups is 3. The van der Waals surface area contributed by atoms with Gasteiger partial charge in [-0.05, 0) is 52.0 Å². The van der Waals surface area contributed by atoms with Gasteiger partial charge in [0.1, 0.15) is 11.5 Å². The maximum absolute atomic E-state index is 12.5. The second-order valence-corrected chi connectivity index (χ2v) is 7.24. The standard InChI is InChI=1S/C24H33F2NO6/c1-17(9-8-11-22(25)26)12-13-18(2)23(30)19(3)21(29)15-20(33-16-28)10-6-5-7-14-27-24(31)32-4/h7,12-16,22,30H,5-6,8-11H2,1-4H3,(H,27,31)/b14-7+,17-12+,18-13+,20-15-,23-19-. The number of unbranched alkanes of at least 4 members (excludes halogenated alkanes) is 1. The lowest BCUT2D eigenvalue weighted by atomic mass is 10.0. The number of amides is 1. The van der Waals surface area contributed by atoms with Crippen LogP contribution in [-0.2, 0) is 19.1 Å². The Balaban J connectivity index is 5.06. The third kappa shape index (κ3) is 14.5. The van der Waals surface area contributed by atoms with Crippen LogP contribution in [0.3, 0.4) is 0 Å². The van der Waals surface area contributed by atoms with Crippen LogP contribution in [-0.4, -0.2) is 37.0 Å². The molecule has 184 valence electrons. The molecule has 0 radical (unpaired) electrons. The topological polar surface area (TPSA) is 102 Å². The van der Waals surface area contributed by atoms with Crippen LogP contribution in [0.25, 0.3) is 0 Å². The molecule has 0 aliphatic carbocycles. The first-order valence-electron chi connectivity index (χ1n) is 10.5. The van der Waals surface area contributed by atoms with Gasteiger partial charge >= 0.3 is 6.09 Å². The number of rotatable bonds is 15. The predicted octanol–water partition coefficient (Wildman–Crippen LogP) is 5.81. The molecule has 0 heterocycles. The molecular weight excluding hydrogens is 436 g/mol. The second-order valence-electron chi connectivity index (χ2n) is 7.24. The van der Waals surface area contributed by atoms with E-state index in [0.29, 0.717) is 31.3 Å². The number of ether oxygens (including phenoxy) is 2. The highest BCUT2D eigenvalue weighted by atomic mass is 19.3. The molecule has 0 atom stereocenters. The van der Waals surface area contributed by atoms with E-state index in [1.165, 1.54) is 20.2 Å². The molecule has 0 spiro atoms. The quantitative estimate of drug-likeness (QED) is 0.103. The van der Waals surface area contributed by atoms with Gasteiger partial charge in [0.05, 0.1) is 7.11 Å². The van der Waals surface area contributed by atoms with Crippen LogP contribution >= 0.6 is 0 Å². The zero-order valence-corrected chi connectivity index (χ0v) is 19.5. The SMILES string of the molecule is COC(=O)N/C=C/CCC/C(=C/C(=O)/C(C)=C(O)/C(C)=C/C=C(\C)CCCC(F)F)OC=O. The average molecular weight is 470 g/mol. The van der Waals surface area contributed by atoms with E-state index >= 15 is 0 Å². The Morgan fingerprint density at radius 3 is 2.39 bits per heavy atom. The van der Waals surface area contributed by atoms with E-state index < -0.39 is 18.3 Å². The zero-order valence-electron chi connectivity index (χ0n) is 19.5. The molecule has 0 aliphatic rings. The summed E-state index contributed by atoms with van der Waals surface area (Å²) >= 11 is 0. The molecule has 0 unspecified atom stereocenters. The van der Waals surface area contributed by atoms with Crippen molar-refractivity contribution in [2.75, 3.05) is 7.11 Å². The molecule has 0 rings (SSSR count). The van der Waals surface area contributed by atoms with Crippen LogP contribution < -0.4 is 5.32 Å². The normalized spacial score (nSPS) is 13.7. The summed E-state index contributed by atoms with van der Waals surface area (Å²) in [5.41, 5.74) is 1.38. The number of aliphatic hydroxyl groups excluding tert-OH is 1. The zero-order chi connectivity index (χ0) is 25.2. The lowest BCUT2D eigenvalue weighted by Crippen LogP contribution is -2.15. The summed E-state index contributed by atoms with van der Waals surface area (Å²) in [5.74, 6) is -0.583. The third-order valence-corrected chi connectivity index (χ3v) is 4.50. The summed E-state index contributed by atoms with van der Waals surface area (Å²) in [7, 11) is 1.25. The fourth-order valence-corrected chi connectivity index (χ4v) is 2.52. The van der Waals surface area contributed by atoms with Crippen LogP contribution in [0.5, 0.6) is 0 Å². The molecular formula is C24H33F2NO6. The number of alkyl halides is 2. The highest BCUT2D eigenvalue weighted by molar-refractivity contribution is 6.04. The van der Waals surface area contributed by atoms with Gasteiger partial charge in [-0.15, -0.1) is 0 Å². The van der Waals surface area contributed by atoms with Gasteiger partial charge in [-0.2, -0.15) is 0 Å². The summed E-state index contributed by atoms with van der Waals surface area (Å²) in [6.45, 7) is 5.10. The smallest absolute Gasteiger partial charge is 0.410 e. The Morgan fingerprint density at radius 1 is 1.09 bits per heavy atom. The Kier molecular flexibility index (Phi) is 15.6. The van der Waals surface area contributed by atoms with Crippen LogP contribution in [0.1, 0.15) is 59.3 Å². The molecule has 0 aromatic heterocycles. The van der Waals surface area contributed by atoms with Crippen molar-refractivity contribution >= 4 is 18.3 Å². The molecule has 33 heavy (non-hydrogen) atoms. The number of nitrogens with one attached hydrogen (secondary N) is 1. The molecule has 0 aliphatic heterocycles. The molecule has 0 aromatic rings. The fraction of sp³-hybridized carbons (Fsp3) is 0.458. The van der Waals surface area contributed by atoms with Gasteiger partial charge in [0.25, 0.3) is 6.47 Å². The van der Waals surface area contributed by atoms with Gasteiger partial charge in [-0.1, -0.05) is 23.8 Å². The summed E-state index contributed by atoms with van der Waals surface area (Å²) < 4.78 is 33.7. The predicted molar refractivity (Wildman–Crippen MR) is 121 cm³/mol. The van der Waals surface area contributed by atoms with Crippen molar-refractivity contribution in [3.63, 3.8) is 0 Å². The highest BCUT2D eigenvalue weighted by Gasteiger charge is 2.12. The van der Waals surface area contributed by atoms with Crippen molar-refractivity contribution < 1.29 is 37.7 Å². The molecule has 0 bridgehead atoms. The van der Waals surface area contributed by atoms with E-state index in [4.69, 9.17) is 4.74 Å². The summed E-state index contributed by atoms with van der Waals surface area (Å²) in [6.07, 6.45) is 6.77. The molecule has 0 saturated carbocycles. The maximum atomic E-state index is 12.5. The first kappa shape index (κ1) is 29.8. The molecule has 0 aromatic carbocycles. The summed E-state index contributed by atoms with van der Waals surface area (Å²) in [4.78, 5) is 34.1. The number of ketones is 1. The van der Waals surface area contributed by atoms with E-state index in [9.17, 15) is 28.3 Å². The van der Waals surface area contributed by atoms with E-state index in [2.05, 4.69) is 10.1 Å². The Labute approximate surface area is 193 Å². The maximum Gasteiger partial charge on any atom is 0.410 e. The number of allylic oxidation sites excluding steroid dienone is 8. The van der Waals surface area contributed by atoms with Gasteiger partial charge in [0, 0.05) is 30.7 Å². The fourth-order valence-electron chi connectivity index (χ4n) is 2.52. The van der Waals surface area contributed by atoms with Gasteiger partial charge in [0.2, 0.25) is 6.43 Å². The lowest BCUT2D eigenvalue weighted by molar-refractivity contribution is -0.125. The van der Waals surface area contributed by atoms with Crippen LogP contribution in [0, 0.1) is 0 Å².